The van der Waals surface area contributed by atoms with Crippen LogP contribution in [0.5, 0.6) is 0 Å². The van der Waals surface area contributed by atoms with Crippen molar-refractivity contribution in [2.24, 2.45) is 0 Å². The smallest absolute Gasteiger partial charge is 0.429 e. The van der Waals surface area contributed by atoms with Gasteiger partial charge in [-0.2, -0.15) is 0 Å². The molecule has 9 heteroatoms. The van der Waals surface area contributed by atoms with E-state index in [1.54, 1.807) is 26.0 Å². The molecule has 1 aliphatic heterocycles. The third kappa shape index (κ3) is 3.87. The maximum atomic E-state index is 12.4. The zero-order chi connectivity index (χ0) is 18.4. The Morgan fingerprint density at radius 3 is 2.56 bits per heavy atom. The molecule has 0 radical (unpaired) electrons. The third-order valence-electron chi connectivity index (χ3n) is 3.40. The minimum Gasteiger partial charge on any atom is -0.478 e. The highest BCUT2D eigenvalue weighted by Crippen LogP contribution is 2.29. The molecule has 2 heterocycles. The number of hydrogen-bond donors (Lipinski definition) is 1. The van der Waals surface area contributed by atoms with E-state index in [2.05, 4.69) is 4.98 Å². The van der Waals surface area contributed by atoms with Crippen molar-refractivity contribution in [3.63, 3.8) is 0 Å². The second-order valence-electron chi connectivity index (χ2n) is 4.94. The zero-order valence-corrected chi connectivity index (χ0v) is 13.9. The van der Waals surface area contributed by atoms with Crippen molar-refractivity contribution >= 4 is 18.2 Å². The number of carboxylic acids is 1. The van der Waals surface area contributed by atoms with E-state index < -0.39 is 24.2 Å². The second-order valence-corrected chi connectivity index (χ2v) is 4.94. The monoisotopic (exact) mass is 349 g/mol. The molecule has 0 saturated carbocycles. The van der Waals surface area contributed by atoms with Gasteiger partial charge in [0.25, 0.3) is 0 Å². The summed E-state index contributed by atoms with van der Waals surface area (Å²) in [7, 11) is 0. The van der Waals surface area contributed by atoms with Crippen LogP contribution in [0.1, 0.15) is 35.9 Å². The lowest BCUT2D eigenvalue weighted by Gasteiger charge is -2.39. The van der Waals surface area contributed by atoms with E-state index in [4.69, 9.17) is 9.47 Å². The van der Waals surface area contributed by atoms with Gasteiger partial charge in [-0.1, -0.05) is 12.2 Å². The van der Waals surface area contributed by atoms with E-state index in [-0.39, 0.29) is 31.0 Å². The third-order valence-corrected chi connectivity index (χ3v) is 3.40. The molecule has 9 nitrogen and oxygen atoms in total. The van der Waals surface area contributed by atoms with E-state index >= 15 is 0 Å². The predicted molar refractivity (Wildman–Crippen MR) is 85.7 cm³/mol. The van der Waals surface area contributed by atoms with Gasteiger partial charge in [-0.15, -0.1) is 0 Å². The number of aromatic nitrogens is 1. The molecule has 0 aliphatic carbocycles. The van der Waals surface area contributed by atoms with E-state index in [9.17, 15) is 19.5 Å². The van der Waals surface area contributed by atoms with Crippen LogP contribution in [0.25, 0.3) is 0 Å². The molecule has 1 aromatic heterocycles. The molecule has 0 saturated heterocycles. The van der Waals surface area contributed by atoms with Gasteiger partial charge in [-0.05, 0) is 26.0 Å². The number of rotatable bonds is 4. The van der Waals surface area contributed by atoms with Crippen LogP contribution in [-0.2, 0) is 9.47 Å². The highest BCUT2D eigenvalue weighted by molar-refractivity contribution is 5.89. The van der Waals surface area contributed by atoms with Gasteiger partial charge in [-0.25, -0.2) is 24.4 Å². The van der Waals surface area contributed by atoms with Gasteiger partial charge in [-0.3, -0.25) is 4.98 Å². The fraction of sp³-hybridized carbons (Fsp3) is 0.375. The number of hydrogen-bond acceptors (Lipinski definition) is 6. The van der Waals surface area contributed by atoms with Crippen molar-refractivity contribution in [3.8, 4) is 0 Å². The van der Waals surface area contributed by atoms with Crippen molar-refractivity contribution in [2.75, 3.05) is 19.8 Å². The molecule has 1 atom stereocenters. The lowest BCUT2D eigenvalue weighted by molar-refractivity contribution is -0.0347. The summed E-state index contributed by atoms with van der Waals surface area (Å²) in [6.07, 6.45) is 3.12. The summed E-state index contributed by atoms with van der Waals surface area (Å²) in [5.74, 6) is -1.19. The Morgan fingerprint density at radius 2 is 1.92 bits per heavy atom. The van der Waals surface area contributed by atoms with Gasteiger partial charge >= 0.3 is 18.2 Å². The molecule has 2 amide bonds. The summed E-state index contributed by atoms with van der Waals surface area (Å²) >= 11 is 0. The number of carbonyl (C=O) groups excluding carboxylic acids is 2. The fourth-order valence-corrected chi connectivity index (χ4v) is 2.41. The number of carboxylic acid groups (broad SMARTS) is 1. The fourth-order valence-electron chi connectivity index (χ4n) is 2.41. The Labute approximate surface area is 144 Å². The molecule has 1 unspecified atom stereocenters. The minimum absolute atomic E-state index is 0.0721. The minimum atomic E-state index is -1.19. The van der Waals surface area contributed by atoms with E-state index in [0.29, 0.717) is 0 Å². The van der Waals surface area contributed by atoms with Crippen LogP contribution in [-0.4, -0.2) is 58.0 Å². The molecular weight excluding hydrogens is 330 g/mol. The number of pyridine rings is 1. The summed E-state index contributed by atoms with van der Waals surface area (Å²) in [5.41, 5.74) is 0.0467. The number of hydrazine groups is 1. The highest BCUT2D eigenvalue weighted by atomic mass is 16.6. The number of ether oxygens (including phenoxy) is 2. The van der Waals surface area contributed by atoms with Crippen LogP contribution in [0.4, 0.5) is 9.59 Å². The lowest BCUT2D eigenvalue weighted by atomic mass is 10.0. The Kier molecular flexibility index (Phi) is 5.93. The Bertz CT molecular complexity index is 690. The Morgan fingerprint density at radius 1 is 1.24 bits per heavy atom. The quantitative estimate of drug-likeness (QED) is 0.830. The van der Waals surface area contributed by atoms with Crippen LogP contribution in [0.2, 0.25) is 0 Å². The first kappa shape index (κ1) is 18.2. The van der Waals surface area contributed by atoms with E-state index in [1.165, 1.54) is 18.3 Å². The summed E-state index contributed by atoms with van der Waals surface area (Å²) in [5, 5.41) is 11.5. The van der Waals surface area contributed by atoms with Crippen LogP contribution in [0.15, 0.2) is 30.5 Å². The second kappa shape index (κ2) is 8.13. The van der Waals surface area contributed by atoms with E-state index in [0.717, 1.165) is 10.0 Å². The molecule has 0 aromatic carbocycles. The number of nitrogens with zero attached hydrogens (tertiary/aromatic N) is 3. The summed E-state index contributed by atoms with van der Waals surface area (Å²) in [4.78, 5) is 40.2. The molecule has 0 spiro atoms. The molecule has 25 heavy (non-hydrogen) atoms. The molecule has 1 aromatic rings. The normalized spacial score (nSPS) is 16.5. The first-order chi connectivity index (χ1) is 12.0. The molecule has 1 aliphatic rings. The molecular formula is C16H19N3O6. The largest absolute Gasteiger partial charge is 0.478 e. The van der Waals surface area contributed by atoms with Crippen molar-refractivity contribution in [3.05, 3.63) is 41.7 Å². The first-order valence-electron chi connectivity index (χ1n) is 7.76. The topological polar surface area (TPSA) is 109 Å². The first-order valence-corrected chi connectivity index (χ1v) is 7.76. The van der Waals surface area contributed by atoms with Gasteiger partial charge in [0.05, 0.1) is 31.0 Å². The van der Waals surface area contributed by atoms with Crippen LogP contribution < -0.4 is 0 Å². The Balaban J connectivity index is 2.49. The summed E-state index contributed by atoms with van der Waals surface area (Å²) in [6, 6.07) is 1.95. The number of carbonyl (C=O) groups is 3. The predicted octanol–water partition coefficient (Wildman–Crippen LogP) is 2.22. The SMILES string of the molecule is CCOC(=O)N1CC=CC(c2ncccc2C(=O)O)N1C(=O)OCC. The van der Waals surface area contributed by atoms with Gasteiger partial charge in [0.1, 0.15) is 6.04 Å². The Hall–Kier alpha value is -3.10. The standard InChI is InChI=1S/C16H19N3O6/c1-3-24-15(22)18-10-6-8-12(19(18)16(23)25-4-2)13-11(14(20)21)7-5-9-17-13/h5-9,12H,3-4,10H2,1-2H3,(H,20,21). The molecule has 134 valence electrons. The van der Waals surface area contributed by atoms with Crippen LogP contribution >= 0.6 is 0 Å². The average molecular weight is 349 g/mol. The van der Waals surface area contributed by atoms with Crippen molar-refractivity contribution in [1.29, 1.82) is 0 Å². The maximum absolute atomic E-state index is 12.4. The number of amides is 2. The molecule has 1 N–H and O–H groups in total. The van der Waals surface area contributed by atoms with Gasteiger partial charge in [0.15, 0.2) is 0 Å². The van der Waals surface area contributed by atoms with Crippen molar-refractivity contribution in [1.82, 2.24) is 15.0 Å². The molecule has 0 bridgehead atoms. The highest BCUT2D eigenvalue weighted by Gasteiger charge is 2.38. The molecule has 0 fully saturated rings. The summed E-state index contributed by atoms with van der Waals surface area (Å²) < 4.78 is 9.99. The van der Waals surface area contributed by atoms with Crippen molar-refractivity contribution < 1.29 is 29.0 Å². The van der Waals surface area contributed by atoms with Gasteiger partial charge in [0, 0.05) is 6.20 Å². The average Bonchev–Trinajstić information content (AvgIpc) is 2.61. The summed E-state index contributed by atoms with van der Waals surface area (Å²) in [6.45, 7) is 3.58. The zero-order valence-electron chi connectivity index (χ0n) is 13.9. The van der Waals surface area contributed by atoms with Gasteiger partial charge < -0.3 is 14.6 Å². The number of aromatic carboxylic acids is 1. The van der Waals surface area contributed by atoms with Gasteiger partial charge in [0.2, 0.25) is 0 Å². The molecule has 2 rings (SSSR count). The van der Waals surface area contributed by atoms with Crippen molar-refractivity contribution in [2.45, 2.75) is 19.9 Å². The lowest BCUT2D eigenvalue weighted by Crippen LogP contribution is -2.53. The van der Waals surface area contributed by atoms with E-state index in [1.807, 2.05) is 0 Å². The van der Waals surface area contributed by atoms with Crippen LogP contribution in [0.3, 0.4) is 0 Å². The van der Waals surface area contributed by atoms with Crippen LogP contribution in [0, 0.1) is 0 Å². The maximum Gasteiger partial charge on any atom is 0.429 e.